The number of nitrogens with zero attached hydrogens (tertiary/aromatic N) is 3. The fourth-order valence-corrected chi connectivity index (χ4v) is 2.14. The summed E-state index contributed by atoms with van der Waals surface area (Å²) < 4.78 is 15.2. The van der Waals surface area contributed by atoms with Crippen molar-refractivity contribution in [3.63, 3.8) is 0 Å². The Labute approximate surface area is 109 Å². The van der Waals surface area contributed by atoms with E-state index in [0.717, 1.165) is 17.0 Å². The van der Waals surface area contributed by atoms with Crippen molar-refractivity contribution in [1.82, 2.24) is 14.4 Å². The molecule has 0 fully saturated rings. The standard InChI is InChI=1S/C14H13FN4/c1-9(16)13-14(10-3-2-6-17-7-10)19-8-11(15)4-5-12(19)18-13/h2-9H,16H2,1H3/t9-/m0/s1. The maximum Gasteiger partial charge on any atom is 0.139 e. The van der Waals surface area contributed by atoms with E-state index in [-0.39, 0.29) is 11.9 Å². The molecule has 0 aromatic carbocycles. The first-order valence-electron chi connectivity index (χ1n) is 6.00. The predicted octanol–water partition coefficient (Wildman–Crippen LogP) is 2.56. The van der Waals surface area contributed by atoms with Crippen molar-refractivity contribution in [3.05, 3.63) is 54.4 Å². The third kappa shape index (κ3) is 1.98. The van der Waals surface area contributed by atoms with E-state index in [2.05, 4.69) is 9.97 Å². The van der Waals surface area contributed by atoms with Gasteiger partial charge in [-0.1, -0.05) is 0 Å². The second-order valence-electron chi connectivity index (χ2n) is 4.45. The summed E-state index contributed by atoms with van der Waals surface area (Å²) in [6, 6.07) is 6.53. The maximum absolute atomic E-state index is 13.4. The molecule has 0 aliphatic heterocycles. The highest BCUT2D eigenvalue weighted by Gasteiger charge is 2.17. The van der Waals surface area contributed by atoms with Crippen molar-refractivity contribution in [2.24, 2.45) is 5.73 Å². The molecule has 19 heavy (non-hydrogen) atoms. The monoisotopic (exact) mass is 256 g/mol. The van der Waals surface area contributed by atoms with Gasteiger partial charge in [-0.05, 0) is 31.2 Å². The van der Waals surface area contributed by atoms with Gasteiger partial charge < -0.3 is 5.73 Å². The zero-order valence-electron chi connectivity index (χ0n) is 10.4. The summed E-state index contributed by atoms with van der Waals surface area (Å²) in [7, 11) is 0. The average molecular weight is 256 g/mol. The second kappa shape index (κ2) is 4.44. The van der Waals surface area contributed by atoms with Gasteiger partial charge in [0.05, 0.1) is 11.4 Å². The number of hydrogen-bond donors (Lipinski definition) is 1. The number of nitrogens with two attached hydrogens (primary N) is 1. The number of halogens is 1. The molecule has 0 unspecified atom stereocenters. The van der Waals surface area contributed by atoms with Gasteiger partial charge in [-0.15, -0.1) is 0 Å². The minimum Gasteiger partial charge on any atom is -0.323 e. The molecular weight excluding hydrogens is 243 g/mol. The van der Waals surface area contributed by atoms with Crippen LogP contribution in [0, 0.1) is 5.82 Å². The van der Waals surface area contributed by atoms with Crippen molar-refractivity contribution in [3.8, 4) is 11.3 Å². The van der Waals surface area contributed by atoms with Gasteiger partial charge in [0.25, 0.3) is 0 Å². The molecule has 96 valence electrons. The minimum absolute atomic E-state index is 0.238. The third-order valence-corrected chi connectivity index (χ3v) is 2.98. The van der Waals surface area contributed by atoms with Gasteiger partial charge >= 0.3 is 0 Å². The number of rotatable bonds is 2. The van der Waals surface area contributed by atoms with E-state index in [4.69, 9.17) is 5.73 Å². The number of imidazole rings is 1. The molecule has 0 bridgehead atoms. The largest absolute Gasteiger partial charge is 0.323 e. The molecule has 3 rings (SSSR count). The molecule has 0 saturated carbocycles. The Morgan fingerprint density at radius 1 is 1.32 bits per heavy atom. The van der Waals surface area contributed by atoms with E-state index in [1.807, 2.05) is 19.1 Å². The molecule has 0 amide bonds. The highest BCUT2D eigenvalue weighted by atomic mass is 19.1. The lowest BCUT2D eigenvalue weighted by Gasteiger charge is -2.07. The Hall–Kier alpha value is -2.27. The van der Waals surface area contributed by atoms with Crippen LogP contribution in [0.2, 0.25) is 0 Å². The van der Waals surface area contributed by atoms with Crippen molar-refractivity contribution >= 4 is 5.65 Å². The zero-order chi connectivity index (χ0) is 13.4. The lowest BCUT2D eigenvalue weighted by atomic mass is 10.1. The highest BCUT2D eigenvalue weighted by Crippen LogP contribution is 2.28. The van der Waals surface area contributed by atoms with Gasteiger partial charge in [0.1, 0.15) is 11.5 Å². The van der Waals surface area contributed by atoms with Crippen molar-refractivity contribution < 1.29 is 4.39 Å². The van der Waals surface area contributed by atoms with E-state index in [1.165, 1.54) is 12.3 Å². The molecule has 0 spiro atoms. The molecule has 5 heteroatoms. The molecular formula is C14H13FN4. The summed E-state index contributed by atoms with van der Waals surface area (Å²) in [6.07, 6.45) is 4.83. The lowest BCUT2D eigenvalue weighted by molar-refractivity contribution is 0.619. The van der Waals surface area contributed by atoms with Gasteiger partial charge in [0.2, 0.25) is 0 Å². The van der Waals surface area contributed by atoms with Crippen LogP contribution in [0.3, 0.4) is 0 Å². The molecule has 3 heterocycles. The van der Waals surface area contributed by atoms with Crippen LogP contribution in [0.1, 0.15) is 18.7 Å². The first kappa shape index (κ1) is 11.8. The summed E-state index contributed by atoms with van der Waals surface area (Å²) in [4.78, 5) is 8.57. The summed E-state index contributed by atoms with van der Waals surface area (Å²) in [5.74, 6) is -0.314. The van der Waals surface area contributed by atoms with Gasteiger partial charge in [-0.25, -0.2) is 9.37 Å². The zero-order valence-corrected chi connectivity index (χ0v) is 10.4. The van der Waals surface area contributed by atoms with Gasteiger partial charge in [-0.3, -0.25) is 9.38 Å². The quantitative estimate of drug-likeness (QED) is 0.766. The van der Waals surface area contributed by atoms with Crippen LogP contribution in [-0.2, 0) is 0 Å². The molecule has 0 aliphatic rings. The summed E-state index contributed by atoms with van der Waals surface area (Å²) >= 11 is 0. The lowest BCUT2D eigenvalue weighted by Crippen LogP contribution is -2.07. The van der Waals surface area contributed by atoms with E-state index >= 15 is 0 Å². The smallest absolute Gasteiger partial charge is 0.139 e. The van der Waals surface area contributed by atoms with E-state index in [1.54, 1.807) is 22.9 Å². The molecule has 3 aromatic heterocycles. The molecule has 2 N–H and O–H groups in total. The van der Waals surface area contributed by atoms with Crippen LogP contribution in [0.15, 0.2) is 42.9 Å². The number of aromatic nitrogens is 3. The molecule has 4 nitrogen and oxygen atoms in total. The van der Waals surface area contributed by atoms with Crippen molar-refractivity contribution in [2.45, 2.75) is 13.0 Å². The SMILES string of the molecule is C[C@H](N)c1nc2ccc(F)cn2c1-c1cccnc1. The van der Waals surface area contributed by atoms with Crippen LogP contribution in [0.25, 0.3) is 16.9 Å². The fraction of sp³-hybridized carbons (Fsp3) is 0.143. The summed E-state index contributed by atoms with van der Waals surface area (Å²) in [5.41, 5.74) is 9.03. The molecule has 3 aromatic rings. The minimum atomic E-state index is -0.314. The van der Waals surface area contributed by atoms with Crippen LogP contribution in [-0.4, -0.2) is 14.4 Å². The maximum atomic E-state index is 13.4. The Kier molecular flexibility index (Phi) is 2.76. The van der Waals surface area contributed by atoms with Crippen molar-refractivity contribution in [1.29, 1.82) is 0 Å². The van der Waals surface area contributed by atoms with Crippen LogP contribution >= 0.6 is 0 Å². The fourth-order valence-electron chi connectivity index (χ4n) is 2.14. The topological polar surface area (TPSA) is 56.2 Å². The highest BCUT2D eigenvalue weighted by molar-refractivity contribution is 5.67. The summed E-state index contributed by atoms with van der Waals surface area (Å²) in [5, 5.41) is 0. The molecule has 0 saturated heterocycles. The Bertz CT molecular complexity index is 719. The van der Waals surface area contributed by atoms with Gasteiger partial charge in [0.15, 0.2) is 0 Å². The Morgan fingerprint density at radius 3 is 2.84 bits per heavy atom. The summed E-state index contributed by atoms with van der Waals surface area (Å²) in [6.45, 7) is 1.86. The first-order chi connectivity index (χ1) is 9.16. The molecule has 1 atom stereocenters. The van der Waals surface area contributed by atoms with E-state index in [9.17, 15) is 4.39 Å². The first-order valence-corrected chi connectivity index (χ1v) is 6.00. The van der Waals surface area contributed by atoms with E-state index in [0.29, 0.717) is 5.65 Å². The number of fused-ring (bicyclic) bond motifs is 1. The van der Waals surface area contributed by atoms with Crippen LogP contribution in [0.4, 0.5) is 4.39 Å². The van der Waals surface area contributed by atoms with Crippen molar-refractivity contribution in [2.75, 3.05) is 0 Å². The van der Waals surface area contributed by atoms with Crippen LogP contribution < -0.4 is 5.73 Å². The van der Waals surface area contributed by atoms with Gasteiger partial charge in [-0.2, -0.15) is 0 Å². The number of hydrogen-bond acceptors (Lipinski definition) is 3. The normalized spacial score (nSPS) is 12.8. The second-order valence-corrected chi connectivity index (χ2v) is 4.45. The molecule has 0 radical (unpaired) electrons. The number of pyridine rings is 2. The third-order valence-electron chi connectivity index (χ3n) is 2.98. The Morgan fingerprint density at radius 2 is 2.16 bits per heavy atom. The van der Waals surface area contributed by atoms with Gasteiger partial charge in [0, 0.05) is 30.2 Å². The van der Waals surface area contributed by atoms with Crippen LogP contribution in [0.5, 0.6) is 0 Å². The average Bonchev–Trinajstić information content (AvgIpc) is 2.78. The van der Waals surface area contributed by atoms with E-state index < -0.39 is 0 Å². The predicted molar refractivity (Wildman–Crippen MR) is 71.0 cm³/mol. The molecule has 0 aliphatic carbocycles. The Balaban J connectivity index is 2.36.